The maximum atomic E-state index is 13.4. The Hall–Kier alpha value is -3.78. The molecule has 0 saturated heterocycles. The number of aromatic nitrogens is 3. The zero-order chi connectivity index (χ0) is 18.8. The van der Waals surface area contributed by atoms with E-state index >= 15 is 0 Å². The van der Waals surface area contributed by atoms with Gasteiger partial charge in [0.1, 0.15) is 11.5 Å². The van der Waals surface area contributed by atoms with Gasteiger partial charge in [-0.3, -0.25) is 4.57 Å². The minimum atomic E-state index is -0.290. The van der Waals surface area contributed by atoms with E-state index in [2.05, 4.69) is 11.1 Å². The molecule has 5 heteroatoms. The molecule has 0 fully saturated rings. The average Bonchev–Trinajstić information content (AvgIpc) is 3.14. The molecule has 4 aromatic rings. The van der Waals surface area contributed by atoms with Crippen LogP contribution < -0.4 is 0 Å². The van der Waals surface area contributed by atoms with Crippen LogP contribution in [-0.4, -0.2) is 14.5 Å². The number of nitriles is 1. The highest BCUT2D eigenvalue weighted by atomic mass is 19.1. The van der Waals surface area contributed by atoms with E-state index in [4.69, 9.17) is 10.2 Å². The predicted molar refractivity (Wildman–Crippen MR) is 102 cm³/mol. The van der Waals surface area contributed by atoms with Crippen LogP contribution in [0, 0.1) is 24.1 Å². The van der Waals surface area contributed by atoms with E-state index in [1.807, 2.05) is 48.0 Å². The van der Waals surface area contributed by atoms with Crippen molar-refractivity contribution in [2.45, 2.75) is 6.92 Å². The minimum absolute atomic E-state index is 0.290. The van der Waals surface area contributed by atoms with Gasteiger partial charge in [0.15, 0.2) is 5.82 Å². The lowest BCUT2D eigenvalue weighted by Crippen LogP contribution is -1.98. The highest BCUT2D eigenvalue weighted by Crippen LogP contribution is 2.27. The number of aryl methyl sites for hydroxylation is 1. The highest BCUT2D eigenvalue weighted by Gasteiger charge is 2.14. The molecule has 0 unspecified atom stereocenters. The summed E-state index contributed by atoms with van der Waals surface area (Å²) < 4.78 is 15.3. The number of hydrogen-bond donors (Lipinski definition) is 0. The summed E-state index contributed by atoms with van der Waals surface area (Å²) in [5.41, 5.74) is 4.66. The van der Waals surface area contributed by atoms with Crippen LogP contribution in [0.25, 0.3) is 28.5 Å². The van der Waals surface area contributed by atoms with Gasteiger partial charge in [-0.1, -0.05) is 18.2 Å². The lowest BCUT2D eigenvalue weighted by atomic mass is 10.1. The molecule has 0 bridgehead atoms. The summed E-state index contributed by atoms with van der Waals surface area (Å²) in [5, 5.41) is 8.98. The molecule has 0 aliphatic rings. The maximum Gasteiger partial charge on any atom is 0.163 e. The Morgan fingerprint density at radius 3 is 2.30 bits per heavy atom. The lowest BCUT2D eigenvalue weighted by Gasteiger charge is -2.07. The molecule has 0 radical (unpaired) electrons. The summed E-state index contributed by atoms with van der Waals surface area (Å²) in [6.45, 7) is 1.93. The number of nitrogens with zero attached hydrogens (tertiary/aromatic N) is 4. The van der Waals surface area contributed by atoms with Crippen LogP contribution in [-0.2, 0) is 0 Å². The Morgan fingerprint density at radius 2 is 1.63 bits per heavy atom. The van der Waals surface area contributed by atoms with Gasteiger partial charge in [0, 0.05) is 23.1 Å². The van der Waals surface area contributed by atoms with Gasteiger partial charge in [-0.05, 0) is 55.5 Å². The summed E-state index contributed by atoms with van der Waals surface area (Å²) in [5.74, 6) is 0.381. The lowest BCUT2D eigenvalue weighted by molar-refractivity contribution is 0.627. The molecular weight excluding hydrogens is 339 g/mol. The van der Waals surface area contributed by atoms with Crippen molar-refractivity contribution >= 4 is 0 Å². The van der Waals surface area contributed by atoms with Crippen LogP contribution in [0.3, 0.4) is 0 Å². The second-order valence-corrected chi connectivity index (χ2v) is 6.15. The normalized spacial score (nSPS) is 10.6. The van der Waals surface area contributed by atoms with Crippen LogP contribution in [0.4, 0.5) is 4.39 Å². The van der Waals surface area contributed by atoms with E-state index in [0.717, 1.165) is 28.3 Å². The Labute approximate surface area is 156 Å². The van der Waals surface area contributed by atoms with Crippen LogP contribution >= 0.6 is 0 Å². The van der Waals surface area contributed by atoms with Gasteiger partial charge in [-0.2, -0.15) is 5.26 Å². The molecule has 130 valence electrons. The van der Waals surface area contributed by atoms with Crippen molar-refractivity contribution in [3.63, 3.8) is 0 Å². The van der Waals surface area contributed by atoms with Crippen LogP contribution in [0.2, 0.25) is 0 Å². The van der Waals surface area contributed by atoms with Crippen molar-refractivity contribution in [2.75, 3.05) is 0 Å². The number of rotatable bonds is 3. The van der Waals surface area contributed by atoms with Gasteiger partial charge in [0.25, 0.3) is 0 Å². The third-order valence-corrected chi connectivity index (χ3v) is 4.24. The molecule has 4 rings (SSSR count). The Morgan fingerprint density at radius 1 is 0.889 bits per heavy atom. The molecule has 4 nitrogen and oxygen atoms in total. The average molecular weight is 354 g/mol. The molecule has 0 atom stereocenters. The summed E-state index contributed by atoms with van der Waals surface area (Å²) in [6, 6.07) is 21.4. The molecule has 0 spiro atoms. The van der Waals surface area contributed by atoms with Crippen LogP contribution in [0.15, 0.2) is 72.9 Å². The second-order valence-electron chi connectivity index (χ2n) is 6.15. The summed E-state index contributed by atoms with van der Waals surface area (Å²) in [7, 11) is 0. The Balaban J connectivity index is 1.88. The monoisotopic (exact) mass is 354 g/mol. The van der Waals surface area contributed by atoms with Gasteiger partial charge in [-0.15, -0.1) is 0 Å². The van der Waals surface area contributed by atoms with E-state index < -0.39 is 0 Å². The molecule has 0 amide bonds. The summed E-state index contributed by atoms with van der Waals surface area (Å²) >= 11 is 0. The fraction of sp³-hybridized carbons (Fsp3) is 0.0455. The first-order valence-corrected chi connectivity index (χ1v) is 8.44. The number of halogens is 1. The van der Waals surface area contributed by atoms with E-state index in [1.54, 1.807) is 24.3 Å². The Bertz CT molecular complexity index is 1140. The summed E-state index contributed by atoms with van der Waals surface area (Å²) in [4.78, 5) is 9.35. The topological polar surface area (TPSA) is 54.5 Å². The van der Waals surface area contributed by atoms with Crippen LogP contribution in [0.1, 0.15) is 11.3 Å². The molecule has 0 aliphatic heterocycles. The maximum absolute atomic E-state index is 13.4. The highest BCUT2D eigenvalue weighted by molar-refractivity contribution is 5.66. The van der Waals surface area contributed by atoms with E-state index in [0.29, 0.717) is 11.4 Å². The smallest absolute Gasteiger partial charge is 0.163 e. The molecular formula is C22H15FN4. The first-order chi connectivity index (χ1) is 13.1. The first kappa shape index (κ1) is 16.7. The standard InChI is InChI=1S/C22H15FN4/c1-15-3-2-4-20(25-15)22-26-21(17-7-5-16(13-24)6-8-17)14-27(22)19-11-9-18(23)10-12-19/h2-12,14H,1H3. The Kier molecular flexibility index (Phi) is 4.23. The van der Waals surface area contributed by atoms with Gasteiger partial charge in [0.05, 0.1) is 17.3 Å². The molecule has 27 heavy (non-hydrogen) atoms. The summed E-state index contributed by atoms with van der Waals surface area (Å²) in [6.07, 6.45) is 1.90. The fourth-order valence-corrected chi connectivity index (χ4v) is 2.88. The molecule has 0 aliphatic carbocycles. The fourth-order valence-electron chi connectivity index (χ4n) is 2.88. The van der Waals surface area contributed by atoms with E-state index in [-0.39, 0.29) is 5.82 Å². The third kappa shape index (κ3) is 3.33. The molecule has 2 aromatic heterocycles. The van der Waals surface area contributed by atoms with Crippen LogP contribution in [0.5, 0.6) is 0 Å². The van der Waals surface area contributed by atoms with Crippen molar-refractivity contribution in [3.05, 3.63) is 90.0 Å². The first-order valence-electron chi connectivity index (χ1n) is 8.44. The number of imidazole rings is 1. The van der Waals surface area contributed by atoms with E-state index in [1.165, 1.54) is 12.1 Å². The van der Waals surface area contributed by atoms with Crippen molar-refractivity contribution in [3.8, 4) is 34.5 Å². The van der Waals surface area contributed by atoms with Crippen molar-refractivity contribution in [1.82, 2.24) is 14.5 Å². The van der Waals surface area contributed by atoms with E-state index in [9.17, 15) is 4.39 Å². The number of benzene rings is 2. The van der Waals surface area contributed by atoms with Gasteiger partial charge in [-0.25, -0.2) is 14.4 Å². The third-order valence-electron chi connectivity index (χ3n) is 4.24. The zero-order valence-corrected chi connectivity index (χ0v) is 14.6. The van der Waals surface area contributed by atoms with Gasteiger partial charge < -0.3 is 0 Å². The number of pyridine rings is 1. The minimum Gasteiger partial charge on any atom is -0.298 e. The SMILES string of the molecule is Cc1cccc(-c2nc(-c3ccc(C#N)cc3)cn2-c2ccc(F)cc2)n1. The van der Waals surface area contributed by atoms with Crippen molar-refractivity contribution in [2.24, 2.45) is 0 Å². The zero-order valence-electron chi connectivity index (χ0n) is 14.6. The van der Waals surface area contributed by atoms with Gasteiger partial charge in [0.2, 0.25) is 0 Å². The van der Waals surface area contributed by atoms with Gasteiger partial charge >= 0.3 is 0 Å². The molecule has 0 N–H and O–H groups in total. The predicted octanol–water partition coefficient (Wildman–Crippen LogP) is 4.92. The number of hydrogen-bond acceptors (Lipinski definition) is 3. The molecule has 2 aromatic carbocycles. The molecule has 2 heterocycles. The molecule has 0 saturated carbocycles. The van der Waals surface area contributed by atoms with Crippen molar-refractivity contribution < 1.29 is 4.39 Å². The quantitative estimate of drug-likeness (QED) is 0.525. The van der Waals surface area contributed by atoms with Crippen molar-refractivity contribution in [1.29, 1.82) is 5.26 Å². The largest absolute Gasteiger partial charge is 0.298 e. The second kappa shape index (κ2) is 6.85.